The maximum absolute atomic E-state index is 12.2. The zero-order chi connectivity index (χ0) is 19.1. The second-order valence-corrected chi connectivity index (χ2v) is 7.25. The minimum Gasteiger partial charge on any atom is -0.494 e. The summed E-state index contributed by atoms with van der Waals surface area (Å²) in [6, 6.07) is 15.6. The van der Waals surface area contributed by atoms with Crippen LogP contribution in [0.5, 0.6) is 5.75 Å². The number of thiazole rings is 1. The summed E-state index contributed by atoms with van der Waals surface area (Å²) < 4.78 is 5.54. The standard InChI is InChI=1S/C22H24N2O2S/c1-3-14-26-20-10-8-17(9-11-20)21(25)23-13-12-19-15-27-22(24-19)18-6-4-16(2)5-7-18/h4-11,15H,3,12-14H2,1-2H3,(H,23,25). The van der Waals surface area contributed by atoms with Gasteiger partial charge in [0.1, 0.15) is 10.8 Å². The van der Waals surface area contributed by atoms with Gasteiger partial charge in [-0.15, -0.1) is 11.3 Å². The number of nitrogens with zero attached hydrogens (tertiary/aromatic N) is 1. The molecule has 0 fully saturated rings. The van der Waals surface area contributed by atoms with Crippen LogP contribution in [0.15, 0.2) is 53.9 Å². The Hall–Kier alpha value is -2.66. The molecule has 5 heteroatoms. The van der Waals surface area contributed by atoms with Crippen molar-refractivity contribution in [3.05, 3.63) is 70.7 Å². The van der Waals surface area contributed by atoms with Crippen LogP contribution in [0, 0.1) is 6.92 Å². The highest BCUT2D eigenvalue weighted by Crippen LogP contribution is 2.24. The van der Waals surface area contributed by atoms with Crippen LogP contribution in [-0.2, 0) is 6.42 Å². The number of carbonyl (C=O) groups excluding carboxylic acids is 1. The summed E-state index contributed by atoms with van der Waals surface area (Å²) in [6.07, 6.45) is 1.68. The predicted octanol–water partition coefficient (Wildman–Crippen LogP) is 4.88. The van der Waals surface area contributed by atoms with Gasteiger partial charge >= 0.3 is 0 Å². The Morgan fingerprint density at radius 3 is 2.56 bits per heavy atom. The van der Waals surface area contributed by atoms with E-state index < -0.39 is 0 Å². The van der Waals surface area contributed by atoms with Crippen molar-refractivity contribution < 1.29 is 9.53 Å². The molecule has 1 heterocycles. The van der Waals surface area contributed by atoms with E-state index in [1.54, 1.807) is 23.5 Å². The predicted molar refractivity (Wildman–Crippen MR) is 111 cm³/mol. The highest BCUT2D eigenvalue weighted by atomic mass is 32.1. The number of aromatic nitrogens is 1. The number of hydrogen-bond acceptors (Lipinski definition) is 4. The summed E-state index contributed by atoms with van der Waals surface area (Å²) in [6.45, 7) is 5.38. The molecule has 0 aliphatic carbocycles. The minimum atomic E-state index is -0.0778. The van der Waals surface area contributed by atoms with Gasteiger partial charge in [0, 0.05) is 29.5 Å². The van der Waals surface area contributed by atoms with Gasteiger partial charge < -0.3 is 10.1 Å². The quantitative estimate of drug-likeness (QED) is 0.606. The van der Waals surface area contributed by atoms with Crippen LogP contribution >= 0.6 is 11.3 Å². The van der Waals surface area contributed by atoms with Gasteiger partial charge in [-0.05, 0) is 37.6 Å². The van der Waals surface area contributed by atoms with E-state index in [-0.39, 0.29) is 5.91 Å². The summed E-state index contributed by atoms with van der Waals surface area (Å²) in [4.78, 5) is 16.9. The average Bonchev–Trinajstić information content (AvgIpc) is 3.16. The van der Waals surface area contributed by atoms with E-state index in [1.165, 1.54) is 5.56 Å². The minimum absolute atomic E-state index is 0.0778. The summed E-state index contributed by atoms with van der Waals surface area (Å²) in [7, 11) is 0. The first-order valence-electron chi connectivity index (χ1n) is 9.18. The summed E-state index contributed by atoms with van der Waals surface area (Å²) in [5.41, 5.74) is 4.01. The van der Waals surface area contributed by atoms with Gasteiger partial charge in [-0.25, -0.2) is 4.98 Å². The van der Waals surface area contributed by atoms with Crippen LogP contribution in [0.4, 0.5) is 0 Å². The summed E-state index contributed by atoms with van der Waals surface area (Å²) in [5.74, 6) is 0.713. The molecule has 1 amide bonds. The number of aryl methyl sites for hydroxylation is 1. The number of nitrogens with one attached hydrogen (secondary N) is 1. The Balaban J connectivity index is 1.49. The van der Waals surface area contributed by atoms with Crippen LogP contribution in [0.25, 0.3) is 10.6 Å². The number of hydrogen-bond donors (Lipinski definition) is 1. The molecular formula is C22H24N2O2S. The van der Waals surface area contributed by atoms with E-state index in [0.717, 1.165) is 28.4 Å². The molecule has 0 atom stereocenters. The Morgan fingerprint density at radius 2 is 1.85 bits per heavy atom. The Kier molecular flexibility index (Phi) is 6.60. The lowest BCUT2D eigenvalue weighted by Gasteiger charge is -2.07. The third-order valence-corrected chi connectivity index (χ3v) is 5.05. The molecule has 3 rings (SSSR count). The number of ether oxygens (including phenoxy) is 1. The average molecular weight is 381 g/mol. The molecule has 1 aromatic heterocycles. The van der Waals surface area contributed by atoms with Crippen molar-refractivity contribution in [2.75, 3.05) is 13.2 Å². The maximum atomic E-state index is 12.2. The zero-order valence-electron chi connectivity index (χ0n) is 15.7. The van der Waals surface area contributed by atoms with E-state index in [0.29, 0.717) is 25.1 Å². The number of rotatable bonds is 8. The molecule has 0 unspecified atom stereocenters. The second kappa shape index (κ2) is 9.33. The normalized spacial score (nSPS) is 10.6. The Morgan fingerprint density at radius 1 is 1.11 bits per heavy atom. The Labute approximate surface area is 164 Å². The van der Waals surface area contributed by atoms with Gasteiger partial charge in [0.05, 0.1) is 12.3 Å². The molecule has 1 N–H and O–H groups in total. The monoisotopic (exact) mass is 380 g/mol. The van der Waals surface area contributed by atoms with Crippen LogP contribution in [-0.4, -0.2) is 24.0 Å². The van der Waals surface area contributed by atoms with E-state index in [9.17, 15) is 4.79 Å². The molecule has 0 saturated carbocycles. The first-order chi connectivity index (χ1) is 13.2. The number of amides is 1. The van der Waals surface area contributed by atoms with E-state index in [4.69, 9.17) is 4.74 Å². The molecule has 140 valence electrons. The summed E-state index contributed by atoms with van der Waals surface area (Å²) in [5, 5.41) is 6.02. The van der Waals surface area contributed by atoms with Crippen molar-refractivity contribution in [2.24, 2.45) is 0 Å². The van der Waals surface area contributed by atoms with Crippen LogP contribution < -0.4 is 10.1 Å². The maximum Gasteiger partial charge on any atom is 0.251 e. The van der Waals surface area contributed by atoms with Crippen molar-refractivity contribution in [3.63, 3.8) is 0 Å². The molecule has 3 aromatic rings. The van der Waals surface area contributed by atoms with Gasteiger partial charge in [0.15, 0.2) is 0 Å². The van der Waals surface area contributed by atoms with Crippen LogP contribution in [0.3, 0.4) is 0 Å². The molecule has 2 aromatic carbocycles. The first-order valence-corrected chi connectivity index (χ1v) is 10.1. The molecule has 0 bridgehead atoms. The van der Waals surface area contributed by atoms with Crippen LogP contribution in [0.2, 0.25) is 0 Å². The topological polar surface area (TPSA) is 51.2 Å². The molecule has 4 nitrogen and oxygen atoms in total. The van der Waals surface area contributed by atoms with E-state index in [1.807, 2.05) is 12.1 Å². The molecule has 0 aliphatic rings. The van der Waals surface area contributed by atoms with Crippen molar-refractivity contribution in [1.82, 2.24) is 10.3 Å². The van der Waals surface area contributed by atoms with Gasteiger partial charge in [-0.2, -0.15) is 0 Å². The van der Waals surface area contributed by atoms with Gasteiger partial charge in [-0.3, -0.25) is 4.79 Å². The lowest BCUT2D eigenvalue weighted by molar-refractivity contribution is 0.0954. The molecule has 0 radical (unpaired) electrons. The van der Waals surface area contributed by atoms with Gasteiger partial charge in [0.25, 0.3) is 5.91 Å². The van der Waals surface area contributed by atoms with Gasteiger partial charge in [0.2, 0.25) is 0 Å². The van der Waals surface area contributed by atoms with E-state index >= 15 is 0 Å². The van der Waals surface area contributed by atoms with Crippen molar-refractivity contribution in [2.45, 2.75) is 26.7 Å². The fourth-order valence-corrected chi connectivity index (χ4v) is 3.44. The largest absolute Gasteiger partial charge is 0.494 e. The van der Waals surface area contributed by atoms with Crippen LogP contribution in [0.1, 0.15) is 35.0 Å². The smallest absolute Gasteiger partial charge is 0.251 e. The highest BCUT2D eigenvalue weighted by molar-refractivity contribution is 7.13. The fourth-order valence-electron chi connectivity index (χ4n) is 2.58. The van der Waals surface area contributed by atoms with Crippen molar-refractivity contribution >= 4 is 17.2 Å². The van der Waals surface area contributed by atoms with E-state index in [2.05, 4.69) is 53.8 Å². The Bertz CT molecular complexity index is 870. The molecule has 0 aliphatic heterocycles. The fraction of sp³-hybridized carbons (Fsp3) is 0.273. The number of benzene rings is 2. The lowest BCUT2D eigenvalue weighted by atomic mass is 10.2. The molecular weight excluding hydrogens is 356 g/mol. The molecule has 0 saturated heterocycles. The third kappa shape index (κ3) is 5.41. The summed E-state index contributed by atoms with van der Waals surface area (Å²) >= 11 is 1.63. The van der Waals surface area contributed by atoms with Gasteiger partial charge in [-0.1, -0.05) is 36.8 Å². The molecule has 27 heavy (non-hydrogen) atoms. The second-order valence-electron chi connectivity index (χ2n) is 6.39. The molecule has 0 spiro atoms. The first kappa shape index (κ1) is 19.1. The number of carbonyl (C=O) groups is 1. The van der Waals surface area contributed by atoms with Crippen molar-refractivity contribution in [1.29, 1.82) is 0 Å². The van der Waals surface area contributed by atoms with Crippen molar-refractivity contribution in [3.8, 4) is 16.3 Å². The third-order valence-electron chi connectivity index (χ3n) is 4.11. The highest BCUT2D eigenvalue weighted by Gasteiger charge is 2.08. The SMILES string of the molecule is CCCOc1ccc(C(=O)NCCc2csc(-c3ccc(C)cc3)n2)cc1. The lowest BCUT2D eigenvalue weighted by Crippen LogP contribution is -2.25. The zero-order valence-corrected chi connectivity index (χ0v) is 16.5.